The van der Waals surface area contributed by atoms with E-state index in [0.717, 1.165) is 47.6 Å². The number of carbonyl (C=O) groups is 1. The van der Waals surface area contributed by atoms with Crippen molar-refractivity contribution in [1.82, 2.24) is 20.5 Å². The average Bonchev–Trinajstić information content (AvgIpc) is 2.93. The van der Waals surface area contributed by atoms with E-state index in [1.54, 1.807) is 12.4 Å². The molecule has 1 aliphatic rings. The molecule has 1 atom stereocenters. The van der Waals surface area contributed by atoms with Crippen LogP contribution < -0.4 is 10.2 Å². The Morgan fingerprint density at radius 1 is 0.853 bits per heavy atom. The molecule has 0 aliphatic carbocycles. The molecule has 3 heterocycles. The fraction of sp³-hybridized carbons (Fsp3) is 0.214. The monoisotopic (exact) mass is 449 g/mol. The summed E-state index contributed by atoms with van der Waals surface area (Å²) in [5.41, 5.74) is 3.95. The number of rotatable bonds is 6. The van der Waals surface area contributed by atoms with Crippen molar-refractivity contribution in [1.29, 1.82) is 0 Å². The number of carbonyl (C=O) groups excluding carboxylic acids is 1. The number of amides is 1. The number of hydrogen-bond donors (Lipinski definition) is 1. The van der Waals surface area contributed by atoms with Gasteiger partial charge in [-0.1, -0.05) is 60.7 Å². The van der Waals surface area contributed by atoms with Gasteiger partial charge >= 0.3 is 0 Å². The van der Waals surface area contributed by atoms with E-state index in [1.807, 2.05) is 60.7 Å². The lowest BCUT2D eigenvalue weighted by molar-refractivity contribution is -0.125. The first-order chi connectivity index (χ1) is 16.8. The van der Waals surface area contributed by atoms with Crippen molar-refractivity contribution in [3.63, 3.8) is 0 Å². The summed E-state index contributed by atoms with van der Waals surface area (Å²) < 4.78 is 0. The predicted molar refractivity (Wildman–Crippen MR) is 133 cm³/mol. The number of pyridine rings is 1. The number of nitrogens with one attached hydrogen (secondary N) is 1. The Morgan fingerprint density at radius 3 is 2.15 bits per heavy atom. The van der Waals surface area contributed by atoms with Gasteiger partial charge in [-0.15, -0.1) is 10.2 Å². The molecular formula is C28H27N5O. The molecule has 1 aliphatic heterocycles. The van der Waals surface area contributed by atoms with Crippen molar-refractivity contribution in [2.75, 3.05) is 18.0 Å². The molecule has 1 saturated heterocycles. The number of piperidine rings is 1. The summed E-state index contributed by atoms with van der Waals surface area (Å²) in [5.74, 6) is 0.770. The van der Waals surface area contributed by atoms with Gasteiger partial charge in [-0.3, -0.25) is 9.78 Å². The summed E-state index contributed by atoms with van der Waals surface area (Å²) in [6.07, 6.45) is 5.29. The maximum Gasteiger partial charge on any atom is 0.225 e. The molecule has 0 radical (unpaired) electrons. The highest BCUT2D eigenvalue weighted by Gasteiger charge is 2.29. The summed E-state index contributed by atoms with van der Waals surface area (Å²) in [6.45, 7) is 1.50. The van der Waals surface area contributed by atoms with Crippen molar-refractivity contribution >= 4 is 11.7 Å². The van der Waals surface area contributed by atoms with Crippen LogP contribution in [0.15, 0.2) is 97.3 Å². The van der Waals surface area contributed by atoms with Gasteiger partial charge < -0.3 is 10.2 Å². The van der Waals surface area contributed by atoms with Crippen LogP contribution in [-0.2, 0) is 4.79 Å². The van der Waals surface area contributed by atoms with Gasteiger partial charge in [0.25, 0.3) is 0 Å². The van der Waals surface area contributed by atoms with Gasteiger partial charge in [-0.2, -0.15) is 0 Å². The smallest absolute Gasteiger partial charge is 0.225 e. The second-order valence-corrected chi connectivity index (χ2v) is 8.56. The summed E-state index contributed by atoms with van der Waals surface area (Å²) in [4.78, 5) is 19.6. The molecule has 0 bridgehead atoms. The highest BCUT2D eigenvalue weighted by molar-refractivity contribution is 5.80. The standard InChI is InChI=1S/C28H27N5O/c34-28(30-27(22-8-3-1-4-9-22)23-10-5-2-6-11-23)24-12-7-19-33(20-24)26-14-13-25(31-32-26)21-15-17-29-18-16-21/h1-6,8-11,13-18,24,27H,7,12,19-20H2,(H,30,34). The molecule has 170 valence electrons. The SMILES string of the molecule is O=C(NC(c1ccccc1)c1ccccc1)C1CCCN(c2ccc(-c3ccncc3)nn2)C1. The van der Waals surface area contributed by atoms with Crippen molar-refractivity contribution in [2.45, 2.75) is 18.9 Å². The first-order valence-corrected chi connectivity index (χ1v) is 11.7. The lowest BCUT2D eigenvalue weighted by atomic mass is 9.94. The van der Waals surface area contributed by atoms with Crippen LogP contribution in [0.2, 0.25) is 0 Å². The van der Waals surface area contributed by atoms with E-state index in [4.69, 9.17) is 0 Å². The number of hydrogen-bond acceptors (Lipinski definition) is 5. The van der Waals surface area contributed by atoms with Crippen molar-refractivity contribution in [3.05, 3.63) is 108 Å². The van der Waals surface area contributed by atoms with Gasteiger partial charge in [0.05, 0.1) is 17.7 Å². The lowest BCUT2D eigenvalue weighted by Crippen LogP contribution is -2.44. The Hall–Kier alpha value is -4.06. The minimum atomic E-state index is -0.176. The largest absolute Gasteiger partial charge is 0.354 e. The van der Waals surface area contributed by atoms with Gasteiger partial charge in [0, 0.05) is 31.0 Å². The summed E-state index contributed by atoms with van der Waals surface area (Å²) in [7, 11) is 0. The molecule has 5 rings (SSSR count). The quantitative estimate of drug-likeness (QED) is 0.464. The maximum absolute atomic E-state index is 13.4. The van der Waals surface area contributed by atoms with Crippen LogP contribution in [0.3, 0.4) is 0 Å². The zero-order valence-electron chi connectivity index (χ0n) is 18.9. The molecule has 0 saturated carbocycles. The second-order valence-electron chi connectivity index (χ2n) is 8.56. The predicted octanol–water partition coefficient (Wildman–Crippen LogP) is 4.66. The van der Waals surface area contributed by atoms with Crippen molar-refractivity contribution < 1.29 is 4.79 Å². The summed E-state index contributed by atoms with van der Waals surface area (Å²) >= 11 is 0. The van der Waals surface area contributed by atoms with Crippen LogP contribution in [0.4, 0.5) is 5.82 Å². The summed E-state index contributed by atoms with van der Waals surface area (Å²) in [5, 5.41) is 12.2. The van der Waals surface area contributed by atoms with E-state index in [0.29, 0.717) is 6.54 Å². The van der Waals surface area contributed by atoms with Gasteiger partial charge in [-0.25, -0.2) is 0 Å². The minimum Gasteiger partial charge on any atom is -0.354 e. The molecule has 6 nitrogen and oxygen atoms in total. The molecule has 6 heteroatoms. The third-order valence-corrected chi connectivity index (χ3v) is 6.30. The molecule has 1 unspecified atom stereocenters. The molecular weight excluding hydrogens is 422 g/mol. The third kappa shape index (κ3) is 4.96. The van der Waals surface area contributed by atoms with Gasteiger partial charge in [0.2, 0.25) is 5.91 Å². The number of aromatic nitrogens is 3. The van der Waals surface area contributed by atoms with Gasteiger partial charge in [-0.05, 0) is 48.2 Å². The Balaban J connectivity index is 1.30. The Morgan fingerprint density at radius 2 is 1.53 bits per heavy atom. The Kier molecular flexibility index (Phi) is 6.56. The lowest BCUT2D eigenvalue weighted by Gasteiger charge is -2.33. The molecule has 0 spiro atoms. The van der Waals surface area contributed by atoms with E-state index in [9.17, 15) is 4.79 Å². The van der Waals surface area contributed by atoms with Crippen LogP contribution in [0.25, 0.3) is 11.3 Å². The van der Waals surface area contributed by atoms with Crippen LogP contribution in [0.1, 0.15) is 30.0 Å². The van der Waals surface area contributed by atoms with E-state index in [1.165, 1.54) is 0 Å². The third-order valence-electron chi connectivity index (χ3n) is 6.30. The van der Waals surface area contributed by atoms with Crippen molar-refractivity contribution in [2.24, 2.45) is 5.92 Å². The number of benzene rings is 2. The number of nitrogens with zero attached hydrogens (tertiary/aromatic N) is 4. The summed E-state index contributed by atoms with van der Waals surface area (Å²) in [6, 6.07) is 27.9. The second kappa shape index (κ2) is 10.3. The molecule has 1 amide bonds. The van der Waals surface area contributed by atoms with Gasteiger partial charge in [0.1, 0.15) is 0 Å². The maximum atomic E-state index is 13.4. The molecule has 2 aromatic carbocycles. The highest BCUT2D eigenvalue weighted by Crippen LogP contribution is 2.26. The molecule has 34 heavy (non-hydrogen) atoms. The van der Waals surface area contributed by atoms with Crippen LogP contribution >= 0.6 is 0 Å². The van der Waals surface area contributed by atoms with Crippen LogP contribution in [0, 0.1) is 5.92 Å². The Bertz CT molecular complexity index is 1160. The zero-order valence-corrected chi connectivity index (χ0v) is 18.9. The minimum absolute atomic E-state index is 0.0729. The van der Waals surface area contributed by atoms with E-state index in [2.05, 4.69) is 49.7 Å². The first kappa shape index (κ1) is 21.8. The molecule has 1 N–H and O–H groups in total. The molecule has 1 fully saturated rings. The average molecular weight is 450 g/mol. The topological polar surface area (TPSA) is 71.0 Å². The molecule has 4 aromatic rings. The number of anilines is 1. The highest BCUT2D eigenvalue weighted by atomic mass is 16.2. The molecule has 2 aromatic heterocycles. The van der Waals surface area contributed by atoms with Crippen LogP contribution in [0.5, 0.6) is 0 Å². The van der Waals surface area contributed by atoms with Gasteiger partial charge in [0.15, 0.2) is 5.82 Å². The Labute approximate surface area is 199 Å². The van der Waals surface area contributed by atoms with Crippen LogP contribution in [-0.4, -0.2) is 34.2 Å². The van der Waals surface area contributed by atoms with E-state index >= 15 is 0 Å². The zero-order chi connectivity index (χ0) is 23.2. The fourth-order valence-corrected chi connectivity index (χ4v) is 4.48. The van der Waals surface area contributed by atoms with E-state index in [-0.39, 0.29) is 17.9 Å². The fourth-order valence-electron chi connectivity index (χ4n) is 4.48. The van der Waals surface area contributed by atoms with E-state index < -0.39 is 0 Å². The first-order valence-electron chi connectivity index (χ1n) is 11.7. The van der Waals surface area contributed by atoms with Crippen molar-refractivity contribution in [3.8, 4) is 11.3 Å². The normalized spacial score (nSPS) is 15.8.